The van der Waals surface area contributed by atoms with Crippen molar-refractivity contribution >= 4 is 0 Å². The minimum absolute atomic E-state index is 0.0327. The second-order valence-corrected chi connectivity index (χ2v) is 6.49. The lowest BCUT2D eigenvalue weighted by Crippen LogP contribution is -2.55. The van der Waals surface area contributed by atoms with E-state index in [1.165, 1.54) is 12.8 Å². The Morgan fingerprint density at radius 1 is 1.05 bits per heavy atom. The van der Waals surface area contributed by atoms with Gasteiger partial charge in [0.05, 0.1) is 17.7 Å². The molecule has 3 atom stereocenters. The summed E-state index contributed by atoms with van der Waals surface area (Å²) in [6.07, 6.45) is 8.05. The number of rotatable bonds is 3. The first-order valence-corrected chi connectivity index (χ1v) is 8.12. The van der Waals surface area contributed by atoms with Crippen LogP contribution in [0, 0.1) is 5.92 Å². The maximum absolute atomic E-state index is 6.13. The predicted octanol–water partition coefficient (Wildman–Crippen LogP) is 1.36. The average Bonchev–Trinajstić information content (AvgIpc) is 2.50. The van der Waals surface area contributed by atoms with Gasteiger partial charge in [-0.2, -0.15) is 0 Å². The number of ether oxygens (including phenoxy) is 3. The Morgan fingerprint density at radius 3 is 2.60 bits per heavy atom. The van der Waals surface area contributed by atoms with Crippen molar-refractivity contribution in [2.45, 2.75) is 62.7 Å². The zero-order valence-electron chi connectivity index (χ0n) is 12.3. The normalized spacial score (nSPS) is 35.9. The minimum Gasteiger partial charge on any atom is -0.381 e. The Morgan fingerprint density at radius 2 is 1.90 bits per heavy atom. The third kappa shape index (κ3) is 3.17. The summed E-state index contributed by atoms with van der Waals surface area (Å²) < 4.78 is 17.6. The van der Waals surface area contributed by atoms with Crippen LogP contribution in [0.5, 0.6) is 0 Å². The maximum Gasteiger partial charge on any atom is 0.0744 e. The van der Waals surface area contributed by atoms with Crippen molar-refractivity contribution in [2.75, 3.05) is 26.4 Å². The van der Waals surface area contributed by atoms with Crippen LogP contribution in [0.3, 0.4) is 0 Å². The highest BCUT2D eigenvalue weighted by atomic mass is 16.5. The Balaban J connectivity index is 1.64. The number of nitrogens with two attached hydrogens (primary N) is 1. The molecule has 0 bridgehead atoms. The molecule has 0 aliphatic carbocycles. The van der Waals surface area contributed by atoms with Crippen molar-refractivity contribution in [1.82, 2.24) is 5.43 Å². The van der Waals surface area contributed by atoms with E-state index < -0.39 is 0 Å². The summed E-state index contributed by atoms with van der Waals surface area (Å²) in [5.41, 5.74) is 3.08. The summed E-state index contributed by atoms with van der Waals surface area (Å²) in [5.74, 6) is 6.41. The predicted molar refractivity (Wildman–Crippen MR) is 76.2 cm³/mol. The van der Waals surface area contributed by atoms with Crippen molar-refractivity contribution < 1.29 is 14.2 Å². The van der Waals surface area contributed by atoms with Crippen LogP contribution in [0.1, 0.15) is 44.9 Å². The molecule has 0 radical (unpaired) electrons. The van der Waals surface area contributed by atoms with E-state index >= 15 is 0 Å². The topological polar surface area (TPSA) is 65.7 Å². The van der Waals surface area contributed by atoms with E-state index in [1.54, 1.807) is 0 Å². The van der Waals surface area contributed by atoms with Gasteiger partial charge >= 0.3 is 0 Å². The van der Waals surface area contributed by atoms with Gasteiger partial charge < -0.3 is 14.2 Å². The molecule has 20 heavy (non-hydrogen) atoms. The molecular formula is C15H28N2O3. The molecule has 0 aromatic heterocycles. The molecule has 3 heterocycles. The highest BCUT2D eigenvalue weighted by Crippen LogP contribution is 2.39. The van der Waals surface area contributed by atoms with Crippen molar-refractivity contribution in [2.24, 2.45) is 11.8 Å². The molecule has 0 saturated carbocycles. The lowest BCUT2D eigenvalue weighted by atomic mass is 9.76. The highest BCUT2D eigenvalue weighted by Gasteiger charge is 2.43. The first kappa shape index (κ1) is 14.7. The van der Waals surface area contributed by atoms with E-state index in [9.17, 15) is 0 Å². The van der Waals surface area contributed by atoms with Crippen LogP contribution in [-0.2, 0) is 14.2 Å². The zero-order chi connectivity index (χ0) is 13.8. The van der Waals surface area contributed by atoms with E-state index in [1.807, 2.05) is 0 Å². The Labute approximate surface area is 121 Å². The monoisotopic (exact) mass is 284 g/mol. The van der Waals surface area contributed by atoms with Crippen molar-refractivity contribution in [3.8, 4) is 0 Å². The molecule has 5 nitrogen and oxygen atoms in total. The quantitative estimate of drug-likeness (QED) is 0.605. The number of hydrazine groups is 1. The van der Waals surface area contributed by atoms with Gasteiger partial charge in [-0.15, -0.1) is 0 Å². The zero-order valence-corrected chi connectivity index (χ0v) is 12.3. The van der Waals surface area contributed by atoms with Gasteiger partial charge in [-0.05, 0) is 50.9 Å². The molecule has 0 aromatic rings. The molecule has 116 valence electrons. The molecule has 3 aliphatic heterocycles. The van der Waals surface area contributed by atoms with E-state index in [0.29, 0.717) is 5.92 Å². The molecule has 3 aliphatic rings. The Kier molecular flexibility index (Phi) is 4.94. The largest absolute Gasteiger partial charge is 0.381 e. The maximum atomic E-state index is 6.13. The summed E-state index contributed by atoms with van der Waals surface area (Å²) in [5, 5.41) is 0. The molecule has 1 spiro atoms. The fourth-order valence-electron chi connectivity index (χ4n) is 4.06. The van der Waals surface area contributed by atoms with Crippen molar-refractivity contribution in [1.29, 1.82) is 0 Å². The smallest absolute Gasteiger partial charge is 0.0744 e. The number of nitrogens with one attached hydrogen (secondary N) is 1. The third-order valence-corrected chi connectivity index (χ3v) is 5.25. The highest BCUT2D eigenvalue weighted by molar-refractivity contribution is 4.94. The molecule has 3 N–H and O–H groups in total. The molecule has 3 unspecified atom stereocenters. The van der Waals surface area contributed by atoms with E-state index in [4.69, 9.17) is 20.1 Å². The van der Waals surface area contributed by atoms with Crippen LogP contribution in [0.25, 0.3) is 0 Å². The summed E-state index contributed by atoms with van der Waals surface area (Å²) in [6.45, 7) is 3.38. The first-order valence-electron chi connectivity index (χ1n) is 8.12. The second kappa shape index (κ2) is 6.71. The average molecular weight is 284 g/mol. The van der Waals surface area contributed by atoms with Gasteiger partial charge in [-0.1, -0.05) is 0 Å². The van der Waals surface area contributed by atoms with Gasteiger partial charge in [-0.25, -0.2) is 0 Å². The second-order valence-electron chi connectivity index (χ2n) is 6.49. The van der Waals surface area contributed by atoms with Gasteiger partial charge in [0.15, 0.2) is 0 Å². The van der Waals surface area contributed by atoms with Crippen molar-refractivity contribution in [3.05, 3.63) is 0 Å². The van der Waals surface area contributed by atoms with Crippen LogP contribution in [0.4, 0.5) is 0 Å². The molecule has 3 fully saturated rings. The van der Waals surface area contributed by atoms with Gasteiger partial charge in [-0.3, -0.25) is 11.3 Å². The molecule has 3 rings (SSSR count). The van der Waals surface area contributed by atoms with Gasteiger partial charge in [0.25, 0.3) is 0 Å². The van der Waals surface area contributed by atoms with Crippen LogP contribution in [0.2, 0.25) is 0 Å². The summed E-state index contributed by atoms with van der Waals surface area (Å²) in [7, 11) is 0. The van der Waals surface area contributed by atoms with Gasteiger partial charge in [0.2, 0.25) is 0 Å². The molecule has 3 saturated heterocycles. The number of hydrogen-bond acceptors (Lipinski definition) is 5. The minimum atomic E-state index is 0.0327. The number of hydrogen-bond donors (Lipinski definition) is 2. The van der Waals surface area contributed by atoms with Gasteiger partial charge in [0.1, 0.15) is 0 Å². The Bertz CT molecular complexity index is 296. The molecule has 0 aromatic carbocycles. The summed E-state index contributed by atoms with van der Waals surface area (Å²) in [4.78, 5) is 0. The van der Waals surface area contributed by atoms with Crippen LogP contribution in [0.15, 0.2) is 0 Å². The summed E-state index contributed by atoms with van der Waals surface area (Å²) in [6, 6.07) is 0.263. The molecular weight excluding hydrogens is 256 g/mol. The molecule has 5 heteroatoms. The standard InChI is InChI=1S/C15H28N2O3/c16-17-14(13-3-1-2-7-19-13)12-4-8-20-15(11-12)5-9-18-10-6-15/h12-14,17H,1-11,16H2. The van der Waals surface area contributed by atoms with Crippen LogP contribution >= 0.6 is 0 Å². The van der Waals surface area contributed by atoms with Crippen LogP contribution in [-0.4, -0.2) is 44.2 Å². The van der Waals surface area contributed by atoms with E-state index in [2.05, 4.69) is 5.43 Å². The summed E-state index contributed by atoms with van der Waals surface area (Å²) >= 11 is 0. The van der Waals surface area contributed by atoms with Crippen molar-refractivity contribution in [3.63, 3.8) is 0 Å². The Hall–Kier alpha value is -0.200. The van der Waals surface area contributed by atoms with Gasteiger partial charge in [0, 0.05) is 26.4 Å². The van der Waals surface area contributed by atoms with E-state index in [0.717, 1.165) is 58.5 Å². The first-order chi connectivity index (χ1) is 9.83. The molecule has 0 amide bonds. The fraction of sp³-hybridized carbons (Fsp3) is 1.00. The lowest BCUT2D eigenvalue weighted by Gasteiger charge is -2.46. The fourth-order valence-corrected chi connectivity index (χ4v) is 4.06. The lowest BCUT2D eigenvalue weighted by molar-refractivity contribution is -0.156. The SMILES string of the molecule is NNC(C1CCOC2(CCOCC2)C1)C1CCCCO1. The third-order valence-electron chi connectivity index (χ3n) is 5.25. The van der Waals surface area contributed by atoms with E-state index in [-0.39, 0.29) is 17.7 Å². The van der Waals surface area contributed by atoms with Crippen LogP contribution < -0.4 is 11.3 Å².